The van der Waals surface area contributed by atoms with Gasteiger partial charge in [0.15, 0.2) is 5.96 Å². The Morgan fingerprint density at radius 3 is 1.88 bits per heavy atom. The normalized spacial score (nSPS) is 8.25. The molecule has 48 valence electrons. The fourth-order valence-corrected chi connectivity index (χ4v) is 0.416. The maximum absolute atomic E-state index is 7.07. The van der Waals surface area contributed by atoms with E-state index in [2.05, 4.69) is 10.6 Å². The third kappa shape index (κ3) is 3.46. The summed E-state index contributed by atoms with van der Waals surface area (Å²) in [6, 6.07) is 0. The van der Waals surface area contributed by atoms with Gasteiger partial charge in [0, 0.05) is 13.1 Å². The highest BCUT2D eigenvalue weighted by atomic mass is 15.1. The smallest absolute Gasteiger partial charge is 0.188 e. The highest BCUT2D eigenvalue weighted by Crippen LogP contribution is 1.57. The van der Waals surface area contributed by atoms with Crippen LogP contribution in [0.25, 0.3) is 0 Å². The van der Waals surface area contributed by atoms with Crippen molar-refractivity contribution in [2.45, 2.75) is 13.8 Å². The first-order valence-electron chi connectivity index (χ1n) is 2.87. The molecule has 0 atom stereocenters. The van der Waals surface area contributed by atoms with Crippen molar-refractivity contribution < 1.29 is 0 Å². The Morgan fingerprint density at radius 2 is 1.62 bits per heavy atom. The van der Waals surface area contributed by atoms with Crippen LogP contribution in [-0.2, 0) is 0 Å². The van der Waals surface area contributed by atoms with Crippen LogP contribution in [0.3, 0.4) is 0 Å². The summed E-state index contributed by atoms with van der Waals surface area (Å²) in [6.45, 7) is 5.55. The predicted octanol–water partition coefficient (Wildman–Crippen LogP) is 0.140. The summed E-state index contributed by atoms with van der Waals surface area (Å²) in [6.07, 6.45) is 0. The first-order valence-corrected chi connectivity index (χ1v) is 2.87. The van der Waals surface area contributed by atoms with Gasteiger partial charge in [0.25, 0.3) is 0 Å². The molecule has 3 heteroatoms. The maximum atomic E-state index is 7.07. The monoisotopic (exact) mass is 115 g/mol. The summed E-state index contributed by atoms with van der Waals surface area (Å²) < 4.78 is 0. The molecule has 0 aliphatic rings. The zero-order chi connectivity index (χ0) is 6.41. The second-order valence-corrected chi connectivity index (χ2v) is 1.44. The van der Waals surface area contributed by atoms with Crippen molar-refractivity contribution in [3.63, 3.8) is 0 Å². The van der Waals surface area contributed by atoms with Crippen molar-refractivity contribution in [1.29, 1.82) is 5.41 Å². The fourth-order valence-electron chi connectivity index (χ4n) is 0.416. The van der Waals surface area contributed by atoms with Gasteiger partial charge in [-0.05, 0) is 13.8 Å². The lowest BCUT2D eigenvalue weighted by Crippen LogP contribution is -2.35. The van der Waals surface area contributed by atoms with Crippen molar-refractivity contribution in [2.75, 3.05) is 13.1 Å². The predicted molar refractivity (Wildman–Crippen MR) is 35.1 cm³/mol. The van der Waals surface area contributed by atoms with E-state index in [1.54, 1.807) is 0 Å². The van der Waals surface area contributed by atoms with E-state index in [9.17, 15) is 0 Å². The zero-order valence-corrected chi connectivity index (χ0v) is 5.41. The largest absolute Gasteiger partial charge is 0.357 e. The number of hydrogen-bond donors (Lipinski definition) is 3. The molecule has 0 bridgehead atoms. The number of nitrogens with one attached hydrogen (secondary N) is 3. The molecule has 0 aromatic heterocycles. The molecule has 0 heterocycles. The molecule has 0 saturated heterocycles. The Hall–Kier alpha value is -0.730. The van der Waals surface area contributed by atoms with Crippen LogP contribution >= 0.6 is 0 Å². The Bertz CT molecular complexity index is 62.1. The van der Waals surface area contributed by atoms with Gasteiger partial charge < -0.3 is 10.6 Å². The zero-order valence-electron chi connectivity index (χ0n) is 5.41. The Balaban J connectivity index is 3.06. The highest BCUT2D eigenvalue weighted by molar-refractivity contribution is 5.76. The van der Waals surface area contributed by atoms with Gasteiger partial charge in [-0.15, -0.1) is 0 Å². The van der Waals surface area contributed by atoms with Crippen LogP contribution in [0, 0.1) is 5.41 Å². The fraction of sp³-hybridized carbons (Fsp3) is 0.800. The average molecular weight is 115 g/mol. The maximum Gasteiger partial charge on any atom is 0.188 e. The highest BCUT2D eigenvalue weighted by Gasteiger charge is 1.84. The van der Waals surface area contributed by atoms with E-state index in [0.717, 1.165) is 13.1 Å². The van der Waals surface area contributed by atoms with E-state index in [-0.39, 0.29) is 0 Å². The van der Waals surface area contributed by atoms with Gasteiger partial charge in [0.05, 0.1) is 0 Å². The summed E-state index contributed by atoms with van der Waals surface area (Å²) in [5.74, 6) is 0.412. The van der Waals surface area contributed by atoms with E-state index in [1.807, 2.05) is 13.8 Å². The van der Waals surface area contributed by atoms with Crippen molar-refractivity contribution in [1.82, 2.24) is 10.6 Å². The first-order chi connectivity index (χ1) is 3.81. The van der Waals surface area contributed by atoms with Crippen LogP contribution in [0.1, 0.15) is 13.8 Å². The van der Waals surface area contributed by atoms with E-state index < -0.39 is 0 Å². The second-order valence-electron chi connectivity index (χ2n) is 1.44. The number of rotatable bonds is 2. The molecule has 3 nitrogen and oxygen atoms in total. The van der Waals surface area contributed by atoms with Crippen LogP contribution in [-0.4, -0.2) is 19.0 Å². The average Bonchev–Trinajstić information content (AvgIpc) is 1.68. The molecule has 8 heavy (non-hydrogen) atoms. The molecule has 0 saturated carbocycles. The first kappa shape index (κ1) is 7.27. The van der Waals surface area contributed by atoms with Gasteiger partial charge >= 0.3 is 0 Å². The van der Waals surface area contributed by atoms with Crippen LogP contribution in [0.2, 0.25) is 0 Å². The van der Waals surface area contributed by atoms with Crippen molar-refractivity contribution in [2.24, 2.45) is 0 Å². The van der Waals surface area contributed by atoms with Crippen LogP contribution in [0.5, 0.6) is 0 Å². The quantitative estimate of drug-likeness (QED) is 0.354. The summed E-state index contributed by atoms with van der Waals surface area (Å²) in [4.78, 5) is 0. The lowest BCUT2D eigenvalue weighted by Gasteiger charge is -2.03. The van der Waals surface area contributed by atoms with Gasteiger partial charge in [-0.1, -0.05) is 0 Å². The van der Waals surface area contributed by atoms with E-state index in [1.165, 1.54) is 0 Å². The standard InChI is InChI=1S/C5H13N3/c1-3-7-5(6)8-4-2/h3-4H2,1-2H3,(H3,6,7,8). The van der Waals surface area contributed by atoms with Crippen LogP contribution in [0.15, 0.2) is 0 Å². The summed E-state index contributed by atoms with van der Waals surface area (Å²) in [5, 5.41) is 12.7. The Kier molecular flexibility index (Phi) is 4.03. The second kappa shape index (κ2) is 4.43. The molecular formula is C5H13N3. The third-order valence-electron chi connectivity index (χ3n) is 0.707. The minimum atomic E-state index is 0.412. The van der Waals surface area contributed by atoms with Crippen LogP contribution < -0.4 is 10.6 Å². The van der Waals surface area contributed by atoms with Gasteiger partial charge in [-0.25, -0.2) is 0 Å². The Labute approximate surface area is 50.0 Å². The number of guanidine groups is 1. The van der Waals surface area contributed by atoms with Crippen molar-refractivity contribution in [3.8, 4) is 0 Å². The molecule has 0 unspecified atom stereocenters. The van der Waals surface area contributed by atoms with Gasteiger partial charge in [-0.2, -0.15) is 0 Å². The molecule has 0 fully saturated rings. The molecule has 3 N–H and O–H groups in total. The molecule has 0 aromatic rings. The van der Waals surface area contributed by atoms with Gasteiger partial charge in [-0.3, -0.25) is 5.41 Å². The molecule has 0 radical (unpaired) electrons. The molecule has 0 aliphatic carbocycles. The van der Waals surface area contributed by atoms with E-state index in [4.69, 9.17) is 5.41 Å². The lowest BCUT2D eigenvalue weighted by atomic mass is 10.7. The minimum Gasteiger partial charge on any atom is -0.357 e. The summed E-state index contributed by atoms with van der Waals surface area (Å²) in [5.41, 5.74) is 0. The molecule has 0 rings (SSSR count). The molecular weight excluding hydrogens is 102 g/mol. The topological polar surface area (TPSA) is 47.9 Å². The minimum absolute atomic E-state index is 0.412. The SMILES string of the molecule is CCNC(=N)NCC. The summed E-state index contributed by atoms with van der Waals surface area (Å²) >= 11 is 0. The van der Waals surface area contributed by atoms with Gasteiger partial charge in [0.2, 0.25) is 0 Å². The van der Waals surface area contributed by atoms with E-state index >= 15 is 0 Å². The Morgan fingerprint density at radius 1 is 1.25 bits per heavy atom. The van der Waals surface area contributed by atoms with E-state index in [0.29, 0.717) is 5.96 Å². The molecule has 0 spiro atoms. The molecule has 0 aliphatic heterocycles. The lowest BCUT2D eigenvalue weighted by molar-refractivity contribution is 0.850. The van der Waals surface area contributed by atoms with Crippen LogP contribution in [0.4, 0.5) is 0 Å². The van der Waals surface area contributed by atoms with Crippen molar-refractivity contribution in [3.05, 3.63) is 0 Å². The molecule has 0 aromatic carbocycles. The third-order valence-corrected chi connectivity index (χ3v) is 0.707. The molecule has 0 amide bonds. The van der Waals surface area contributed by atoms with Crippen molar-refractivity contribution >= 4 is 5.96 Å². The summed E-state index contributed by atoms with van der Waals surface area (Å²) in [7, 11) is 0. The number of hydrogen-bond acceptors (Lipinski definition) is 1. The van der Waals surface area contributed by atoms with Gasteiger partial charge in [0.1, 0.15) is 0 Å².